The van der Waals surface area contributed by atoms with Gasteiger partial charge in [0.15, 0.2) is 11.5 Å². The third-order valence-corrected chi connectivity index (χ3v) is 7.42. The molecule has 0 bridgehead atoms. The van der Waals surface area contributed by atoms with Crippen LogP contribution < -0.4 is 24.3 Å². The van der Waals surface area contributed by atoms with Crippen LogP contribution in [-0.2, 0) is 17.8 Å². The predicted molar refractivity (Wildman–Crippen MR) is 154 cm³/mol. The first kappa shape index (κ1) is 28.5. The molecule has 0 aromatic heterocycles. The van der Waals surface area contributed by atoms with Crippen LogP contribution in [0.1, 0.15) is 24.0 Å². The predicted octanol–water partition coefficient (Wildman–Crippen LogP) is 4.13. The Kier molecular flexibility index (Phi) is 10.3. The first-order valence-electron chi connectivity index (χ1n) is 13.6. The summed E-state index contributed by atoms with van der Waals surface area (Å²) in [5, 5.41) is 5.46. The summed E-state index contributed by atoms with van der Waals surface area (Å²) >= 11 is 0. The molecule has 1 aliphatic heterocycles. The molecule has 3 aromatic rings. The van der Waals surface area contributed by atoms with Gasteiger partial charge in [0, 0.05) is 51.3 Å². The van der Waals surface area contributed by atoms with Crippen molar-refractivity contribution in [3.05, 3.63) is 59.7 Å². The van der Waals surface area contributed by atoms with Crippen LogP contribution in [0.25, 0.3) is 10.8 Å². The van der Waals surface area contributed by atoms with E-state index in [9.17, 15) is 4.79 Å². The van der Waals surface area contributed by atoms with E-state index in [1.165, 1.54) is 16.3 Å². The van der Waals surface area contributed by atoms with Crippen LogP contribution in [0.2, 0.25) is 0 Å². The van der Waals surface area contributed by atoms with Crippen molar-refractivity contribution < 1.29 is 23.7 Å². The number of carbonyl (C=O) groups excluding carboxylic acids is 1. The van der Waals surface area contributed by atoms with Crippen LogP contribution in [-0.4, -0.2) is 83.4 Å². The maximum absolute atomic E-state index is 12.5. The fourth-order valence-electron chi connectivity index (χ4n) is 5.25. The van der Waals surface area contributed by atoms with Gasteiger partial charge in [0.05, 0.1) is 28.4 Å². The Bertz CT molecular complexity index is 1240. The summed E-state index contributed by atoms with van der Waals surface area (Å²) in [6, 6.07) is 16.4. The Labute approximate surface area is 231 Å². The second-order valence-corrected chi connectivity index (χ2v) is 9.82. The zero-order valence-corrected chi connectivity index (χ0v) is 23.6. The molecule has 210 valence electrons. The minimum absolute atomic E-state index is 0.118. The highest BCUT2D eigenvalue weighted by Crippen LogP contribution is 2.40. The van der Waals surface area contributed by atoms with Gasteiger partial charge in [0.1, 0.15) is 5.75 Å². The second-order valence-electron chi connectivity index (χ2n) is 9.82. The van der Waals surface area contributed by atoms with Gasteiger partial charge in [-0.1, -0.05) is 30.3 Å². The molecule has 1 heterocycles. The SMILES string of the molecule is COc1ccc2cccc(CCNC(=O)CCCN3CCN(Cc4ccc(OC)c(OC)c4OC)CC3)c2c1. The van der Waals surface area contributed by atoms with Crippen molar-refractivity contribution in [3.63, 3.8) is 0 Å². The van der Waals surface area contributed by atoms with Crippen molar-refractivity contribution in [1.82, 2.24) is 15.1 Å². The third kappa shape index (κ3) is 7.34. The van der Waals surface area contributed by atoms with Crippen LogP contribution in [0.5, 0.6) is 23.0 Å². The Morgan fingerprint density at radius 1 is 0.821 bits per heavy atom. The average Bonchev–Trinajstić information content (AvgIpc) is 2.97. The van der Waals surface area contributed by atoms with E-state index in [0.29, 0.717) is 24.5 Å². The number of hydrogen-bond acceptors (Lipinski definition) is 7. The highest BCUT2D eigenvalue weighted by atomic mass is 16.5. The van der Waals surface area contributed by atoms with Crippen molar-refractivity contribution >= 4 is 16.7 Å². The molecule has 0 radical (unpaired) electrons. The molecule has 1 fully saturated rings. The van der Waals surface area contributed by atoms with Crippen molar-refractivity contribution in [2.75, 3.05) is 67.7 Å². The van der Waals surface area contributed by atoms with Gasteiger partial charge in [-0.3, -0.25) is 9.69 Å². The van der Waals surface area contributed by atoms with Crippen molar-refractivity contribution in [1.29, 1.82) is 0 Å². The summed E-state index contributed by atoms with van der Waals surface area (Å²) in [7, 11) is 6.60. The van der Waals surface area contributed by atoms with Gasteiger partial charge in [-0.05, 0) is 53.9 Å². The number of amides is 1. The number of hydrogen-bond donors (Lipinski definition) is 1. The molecule has 8 heteroatoms. The van der Waals surface area contributed by atoms with Gasteiger partial charge in [-0.15, -0.1) is 0 Å². The summed E-state index contributed by atoms with van der Waals surface area (Å²) in [4.78, 5) is 17.3. The number of benzene rings is 3. The molecule has 0 saturated carbocycles. The van der Waals surface area contributed by atoms with Crippen LogP contribution in [0, 0.1) is 0 Å². The first-order valence-corrected chi connectivity index (χ1v) is 13.6. The number of piperazine rings is 1. The lowest BCUT2D eigenvalue weighted by Gasteiger charge is -2.35. The lowest BCUT2D eigenvalue weighted by Crippen LogP contribution is -2.46. The van der Waals surface area contributed by atoms with Crippen LogP contribution in [0.4, 0.5) is 0 Å². The third-order valence-electron chi connectivity index (χ3n) is 7.42. The van der Waals surface area contributed by atoms with E-state index in [1.807, 2.05) is 18.2 Å². The summed E-state index contributed by atoms with van der Waals surface area (Å²) in [6.45, 7) is 6.28. The quantitative estimate of drug-likeness (QED) is 0.353. The van der Waals surface area contributed by atoms with Gasteiger partial charge in [0.25, 0.3) is 0 Å². The van der Waals surface area contributed by atoms with Crippen molar-refractivity contribution in [2.45, 2.75) is 25.8 Å². The number of rotatable bonds is 13. The number of methoxy groups -OCH3 is 4. The summed E-state index contributed by atoms with van der Waals surface area (Å²) < 4.78 is 22.0. The fourth-order valence-corrected chi connectivity index (χ4v) is 5.25. The van der Waals surface area contributed by atoms with Crippen LogP contribution in [0.3, 0.4) is 0 Å². The monoisotopic (exact) mass is 535 g/mol. The smallest absolute Gasteiger partial charge is 0.220 e. The first-order chi connectivity index (χ1) is 19.1. The molecule has 0 aliphatic carbocycles. The van der Waals surface area contributed by atoms with Gasteiger partial charge >= 0.3 is 0 Å². The molecule has 0 atom stereocenters. The number of ether oxygens (including phenoxy) is 4. The fraction of sp³-hybridized carbons (Fsp3) is 0.452. The van der Waals surface area contributed by atoms with Crippen LogP contribution in [0.15, 0.2) is 48.5 Å². The maximum atomic E-state index is 12.5. The highest BCUT2D eigenvalue weighted by molar-refractivity contribution is 5.87. The molecule has 1 N–H and O–H groups in total. The molecule has 39 heavy (non-hydrogen) atoms. The van der Waals surface area contributed by atoms with E-state index in [2.05, 4.69) is 45.4 Å². The molecule has 8 nitrogen and oxygen atoms in total. The summed E-state index contributed by atoms with van der Waals surface area (Å²) in [5.74, 6) is 2.99. The Morgan fingerprint density at radius 3 is 2.31 bits per heavy atom. The second kappa shape index (κ2) is 14.1. The normalized spacial score (nSPS) is 14.3. The number of nitrogens with one attached hydrogen (secondary N) is 1. The Hall–Kier alpha value is -3.49. The summed E-state index contributed by atoms with van der Waals surface area (Å²) in [5.41, 5.74) is 2.30. The molecule has 1 aliphatic rings. The molecule has 4 rings (SSSR count). The Morgan fingerprint density at radius 2 is 1.59 bits per heavy atom. The zero-order valence-electron chi connectivity index (χ0n) is 23.6. The lowest BCUT2D eigenvalue weighted by molar-refractivity contribution is -0.121. The molecule has 0 unspecified atom stereocenters. The van der Waals surface area contributed by atoms with Gasteiger partial charge in [-0.25, -0.2) is 0 Å². The summed E-state index contributed by atoms with van der Waals surface area (Å²) in [6.07, 6.45) is 2.20. The van der Waals surface area contributed by atoms with Gasteiger partial charge in [0.2, 0.25) is 11.7 Å². The minimum Gasteiger partial charge on any atom is -0.497 e. The standard InChI is InChI=1S/C31H41N3O5/c1-36-26-12-10-23-7-5-8-24(27(23)21-26)14-15-32-29(35)9-6-16-33-17-19-34(20-18-33)22-25-11-13-28(37-2)31(39-4)30(25)38-3/h5,7-8,10-13,21H,6,9,14-20,22H2,1-4H3,(H,32,35). The van der Waals surface area contributed by atoms with E-state index in [4.69, 9.17) is 18.9 Å². The number of carbonyl (C=O) groups is 1. The maximum Gasteiger partial charge on any atom is 0.220 e. The minimum atomic E-state index is 0.118. The Balaban J connectivity index is 1.16. The highest BCUT2D eigenvalue weighted by Gasteiger charge is 2.21. The van der Waals surface area contributed by atoms with Gasteiger partial charge in [-0.2, -0.15) is 0 Å². The van der Waals surface area contributed by atoms with Gasteiger partial charge < -0.3 is 29.2 Å². The van der Waals surface area contributed by atoms with E-state index >= 15 is 0 Å². The van der Waals surface area contributed by atoms with E-state index in [0.717, 1.165) is 69.2 Å². The number of fused-ring (bicyclic) bond motifs is 1. The molecular formula is C31H41N3O5. The van der Waals surface area contributed by atoms with Crippen molar-refractivity contribution in [3.8, 4) is 23.0 Å². The molecule has 1 saturated heterocycles. The van der Waals surface area contributed by atoms with E-state index in [1.54, 1.807) is 28.4 Å². The molecular weight excluding hydrogens is 494 g/mol. The molecule has 1 amide bonds. The van der Waals surface area contributed by atoms with Crippen LogP contribution >= 0.6 is 0 Å². The van der Waals surface area contributed by atoms with E-state index in [-0.39, 0.29) is 5.91 Å². The molecule has 0 spiro atoms. The zero-order chi connectivity index (χ0) is 27.6. The number of nitrogens with zero attached hydrogens (tertiary/aromatic N) is 2. The lowest BCUT2D eigenvalue weighted by atomic mass is 10.0. The average molecular weight is 536 g/mol. The van der Waals surface area contributed by atoms with E-state index < -0.39 is 0 Å². The largest absolute Gasteiger partial charge is 0.497 e. The molecule has 3 aromatic carbocycles. The topological polar surface area (TPSA) is 72.5 Å². The van der Waals surface area contributed by atoms with Crippen molar-refractivity contribution in [2.24, 2.45) is 0 Å².